The molecule has 2 aromatic rings. The molecule has 3 nitrogen and oxygen atoms in total. The molecule has 98 valence electrons. The van der Waals surface area contributed by atoms with Crippen LogP contribution in [-0.4, -0.2) is 5.97 Å². The standard InChI is InChI=1S/C14H11Cl2NO2/c15-10-3-1-9(2-4-10)8-19-14(18)12-7-11(16)5-6-13(12)17/h1-7H,8,17H2. The number of hydrogen-bond acceptors (Lipinski definition) is 3. The summed E-state index contributed by atoms with van der Waals surface area (Å²) in [5.41, 5.74) is 7.15. The lowest BCUT2D eigenvalue weighted by Gasteiger charge is -2.07. The second-order valence-electron chi connectivity index (χ2n) is 3.93. The van der Waals surface area contributed by atoms with E-state index < -0.39 is 5.97 Å². The molecule has 0 saturated heterocycles. The number of nitrogen functional groups attached to an aromatic ring is 1. The molecular formula is C14H11Cl2NO2. The van der Waals surface area contributed by atoms with Crippen LogP contribution in [0.3, 0.4) is 0 Å². The predicted octanol–water partition coefficient (Wildman–Crippen LogP) is 3.93. The number of halogens is 2. The van der Waals surface area contributed by atoms with Crippen LogP contribution in [0.15, 0.2) is 42.5 Å². The molecule has 0 saturated carbocycles. The van der Waals surface area contributed by atoms with Gasteiger partial charge in [-0.3, -0.25) is 0 Å². The summed E-state index contributed by atoms with van der Waals surface area (Å²) in [6, 6.07) is 11.7. The van der Waals surface area contributed by atoms with Crippen molar-refractivity contribution in [2.75, 3.05) is 5.73 Å². The van der Waals surface area contributed by atoms with Crippen LogP contribution in [0.5, 0.6) is 0 Å². The van der Waals surface area contributed by atoms with Crippen LogP contribution in [-0.2, 0) is 11.3 Å². The third-order valence-corrected chi connectivity index (χ3v) is 3.01. The van der Waals surface area contributed by atoms with Gasteiger partial charge in [0.25, 0.3) is 0 Å². The molecule has 0 aliphatic heterocycles. The van der Waals surface area contributed by atoms with E-state index in [2.05, 4.69) is 0 Å². The van der Waals surface area contributed by atoms with E-state index >= 15 is 0 Å². The van der Waals surface area contributed by atoms with Crippen molar-refractivity contribution in [3.05, 3.63) is 63.6 Å². The molecule has 0 amide bonds. The van der Waals surface area contributed by atoms with E-state index in [1.54, 1.807) is 36.4 Å². The minimum absolute atomic E-state index is 0.155. The van der Waals surface area contributed by atoms with E-state index in [1.165, 1.54) is 6.07 Å². The van der Waals surface area contributed by atoms with Crippen molar-refractivity contribution in [2.45, 2.75) is 6.61 Å². The summed E-state index contributed by atoms with van der Waals surface area (Å²) < 4.78 is 5.17. The fourth-order valence-electron chi connectivity index (χ4n) is 1.51. The van der Waals surface area contributed by atoms with Crippen molar-refractivity contribution in [1.82, 2.24) is 0 Å². The molecule has 0 atom stereocenters. The van der Waals surface area contributed by atoms with Crippen LogP contribution >= 0.6 is 23.2 Å². The first-order valence-electron chi connectivity index (χ1n) is 5.53. The fourth-order valence-corrected chi connectivity index (χ4v) is 1.81. The maximum atomic E-state index is 11.9. The number of anilines is 1. The maximum absolute atomic E-state index is 11.9. The molecule has 0 unspecified atom stereocenters. The molecule has 0 heterocycles. The van der Waals surface area contributed by atoms with Gasteiger partial charge < -0.3 is 10.5 Å². The number of carbonyl (C=O) groups excluding carboxylic acids is 1. The Hall–Kier alpha value is -1.71. The van der Waals surface area contributed by atoms with Crippen molar-refractivity contribution >= 4 is 34.9 Å². The molecule has 0 aromatic heterocycles. The van der Waals surface area contributed by atoms with E-state index in [4.69, 9.17) is 33.7 Å². The molecule has 5 heteroatoms. The molecule has 0 aliphatic carbocycles. The zero-order valence-corrected chi connectivity index (χ0v) is 11.4. The van der Waals surface area contributed by atoms with Crippen molar-refractivity contribution in [3.8, 4) is 0 Å². The molecule has 0 spiro atoms. The molecule has 0 radical (unpaired) electrons. The van der Waals surface area contributed by atoms with Gasteiger partial charge >= 0.3 is 5.97 Å². The van der Waals surface area contributed by atoms with Gasteiger partial charge in [0, 0.05) is 15.7 Å². The Bertz CT molecular complexity index is 597. The lowest BCUT2D eigenvalue weighted by atomic mass is 10.2. The summed E-state index contributed by atoms with van der Waals surface area (Å²) in [6.07, 6.45) is 0. The highest BCUT2D eigenvalue weighted by Crippen LogP contribution is 2.19. The molecule has 0 aliphatic rings. The summed E-state index contributed by atoms with van der Waals surface area (Å²) in [4.78, 5) is 11.9. The zero-order chi connectivity index (χ0) is 13.8. The van der Waals surface area contributed by atoms with Crippen molar-refractivity contribution < 1.29 is 9.53 Å². The van der Waals surface area contributed by atoms with Crippen LogP contribution in [0.2, 0.25) is 10.0 Å². The topological polar surface area (TPSA) is 52.3 Å². The van der Waals surface area contributed by atoms with Gasteiger partial charge in [-0.1, -0.05) is 35.3 Å². The van der Waals surface area contributed by atoms with Crippen molar-refractivity contribution in [2.24, 2.45) is 0 Å². The van der Waals surface area contributed by atoms with Gasteiger partial charge in [0.2, 0.25) is 0 Å². The second kappa shape index (κ2) is 5.95. The lowest BCUT2D eigenvalue weighted by Crippen LogP contribution is -2.08. The third-order valence-electron chi connectivity index (χ3n) is 2.52. The highest BCUT2D eigenvalue weighted by Gasteiger charge is 2.12. The van der Waals surface area contributed by atoms with E-state index in [0.717, 1.165) is 5.56 Å². The van der Waals surface area contributed by atoms with Gasteiger partial charge in [0.15, 0.2) is 0 Å². The van der Waals surface area contributed by atoms with Crippen LogP contribution < -0.4 is 5.73 Å². The first kappa shape index (κ1) is 13.7. The Morgan fingerprint density at radius 3 is 2.37 bits per heavy atom. The first-order chi connectivity index (χ1) is 9.06. The van der Waals surface area contributed by atoms with Gasteiger partial charge in [0.1, 0.15) is 6.61 Å². The quantitative estimate of drug-likeness (QED) is 0.689. The van der Waals surface area contributed by atoms with E-state index in [9.17, 15) is 4.79 Å². The van der Waals surface area contributed by atoms with Gasteiger partial charge in [-0.2, -0.15) is 0 Å². The summed E-state index contributed by atoms with van der Waals surface area (Å²) in [7, 11) is 0. The minimum Gasteiger partial charge on any atom is -0.457 e. The molecule has 0 bridgehead atoms. The Kier molecular flexibility index (Phi) is 4.30. The first-order valence-corrected chi connectivity index (χ1v) is 6.28. The lowest BCUT2D eigenvalue weighted by molar-refractivity contribution is 0.0474. The molecule has 2 rings (SSSR count). The molecule has 19 heavy (non-hydrogen) atoms. The highest BCUT2D eigenvalue weighted by atomic mass is 35.5. The van der Waals surface area contributed by atoms with Crippen molar-refractivity contribution in [3.63, 3.8) is 0 Å². The monoisotopic (exact) mass is 295 g/mol. The molecular weight excluding hydrogens is 285 g/mol. The Morgan fingerprint density at radius 2 is 1.68 bits per heavy atom. The van der Waals surface area contributed by atoms with Crippen LogP contribution in [0.1, 0.15) is 15.9 Å². The fraction of sp³-hybridized carbons (Fsp3) is 0.0714. The number of ether oxygens (including phenoxy) is 1. The molecule has 0 fully saturated rings. The van der Waals surface area contributed by atoms with E-state index in [1.807, 2.05) is 0 Å². The highest BCUT2D eigenvalue weighted by molar-refractivity contribution is 6.31. The summed E-state index contributed by atoms with van der Waals surface area (Å²) >= 11 is 11.6. The zero-order valence-electron chi connectivity index (χ0n) is 9.90. The van der Waals surface area contributed by atoms with Crippen LogP contribution in [0.4, 0.5) is 5.69 Å². The van der Waals surface area contributed by atoms with Crippen molar-refractivity contribution in [1.29, 1.82) is 0 Å². The summed E-state index contributed by atoms with van der Waals surface area (Å²) in [6.45, 7) is 0.155. The van der Waals surface area contributed by atoms with Gasteiger partial charge in [-0.25, -0.2) is 4.79 Å². The smallest absolute Gasteiger partial charge is 0.340 e. The van der Waals surface area contributed by atoms with Gasteiger partial charge in [-0.05, 0) is 35.9 Å². The van der Waals surface area contributed by atoms with Gasteiger partial charge in [0.05, 0.1) is 5.56 Å². The molecule has 2 aromatic carbocycles. The number of hydrogen-bond donors (Lipinski definition) is 1. The summed E-state index contributed by atoms with van der Waals surface area (Å²) in [5.74, 6) is -0.505. The Labute approximate surface area is 120 Å². The average Bonchev–Trinajstić information content (AvgIpc) is 2.40. The molecule has 2 N–H and O–H groups in total. The summed E-state index contributed by atoms with van der Waals surface area (Å²) in [5, 5.41) is 1.07. The maximum Gasteiger partial charge on any atom is 0.340 e. The second-order valence-corrected chi connectivity index (χ2v) is 4.81. The number of benzene rings is 2. The number of rotatable bonds is 3. The van der Waals surface area contributed by atoms with Crippen LogP contribution in [0, 0.1) is 0 Å². The number of esters is 1. The SMILES string of the molecule is Nc1ccc(Cl)cc1C(=O)OCc1ccc(Cl)cc1. The van der Waals surface area contributed by atoms with Crippen LogP contribution in [0.25, 0.3) is 0 Å². The number of carbonyl (C=O) groups is 1. The number of nitrogens with two attached hydrogens (primary N) is 1. The van der Waals surface area contributed by atoms with E-state index in [-0.39, 0.29) is 12.2 Å². The Morgan fingerprint density at radius 1 is 1.05 bits per heavy atom. The Balaban J connectivity index is 2.05. The largest absolute Gasteiger partial charge is 0.457 e. The minimum atomic E-state index is -0.505. The van der Waals surface area contributed by atoms with E-state index in [0.29, 0.717) is 15.7 Å². The average molecular weight is 296 g/mol. The van der Waals surface area contributed by atoms with Gasteiger partial charge in [-0.15, -0.1) is 0 Å². The third kappa shape index (κ3) is 3.63. The predicted molar refractivity (Wildman–Crippen MR) is 76.4 cm³/mol. The normalized spacial score (nSPS) is 10.2.